The molecule has 0 aliphatic carbocycles. The lowest BCUT2D eigenvalue weighted by atomic mass is 10.0. The van der Waals surface area contributed by atoms with E-state index in [1.807, 2.05) is 127 Å². The average Bonchev–Trinajstić information content (AvgIpc) is 3.53. The summed E-state index contributed by atoms with van der Waals surface area (Å²) in [5.41, 5.74) is 4.74. The largest absolute Gasteiger partial charge is 0.456 e. The van der Waals surface area contributed by atoms with Crippen molar-refractivity contribution in [3.63, 3.8) is 0 Å². The quantitative estimate of drug-likeness (QED) is 0.112. The highest BCUT2D eigenvalue weighted by Crippen LogP contribution is 2.47. The van der Waals surface area contributed by atoms with Crippen LogP contribution in [0.25, 0.3) is 21.9 Å². The molecule has 0 bridgehead atoms. The number of amides is 2. The second-order valence-electron chi connectivity index (χ2n) is 12.3. The molecule has 2 atom stereocenters. The van der Waals surface area contributed by atoms with Crippen molar-refractivity contribution in [1.29, 1.82) is 0 Å². The van der Waals surface area contributed by atoms with E-state index in [1.165, 1.54) is 28.4 Å². The molecule has 51 heavy (non-hydrogen) atoms. The molecule has 2 amide bonds. The number of hydrogen-bond acceptors (Lipinski definition) is 8. The summed E-state index contributed by atoms with van der Waals surface area (Å²) in [6, 6.07) is 39.2. The van der Waals surface area contributed by atoms with E-state index in [0.717, 1.165) is 37.9 Å². The minimum atomic E-state index is -0.768. The number of carbonyl (C=O) groups is 3. The fraction of sp³-hybridized carbons (Fsp3) is 0.146. The zero-order valence-corrected chi connectivity index (χ0v) is 28.9. The van der Waals surface area contributed by atoms with E-state index < -0.39 is 23.5 Å². The van der Waals surface area contributed by atoms with Gasteiger partial charge in [0.2, 0.25) is 5.91 Å². The molecular formula is C41H32N2O6S2. The summed E-state index contributed by atoms with van der Waals surface area (Å²) in [4.78, 5) is 44.3. The van der Waals surface area contributed by atoms with Crippen LogP contribution in [0.3, 0.4) is 0 Å². The number of carbonyl (C=O) groups excluding carboxylic acids is 3. The monoisotopic (exact) mass is 712 g/mol. The fourth-order valence-corrected chi connectivity index (χ4v) is 9.02. The predicted octanol–water partition coefficient (Wildman–Crippen LogP) is 7.36. The van der Waals surface area contributed by atoms with Gasteiger partial charge in [0.15, 0.2) is 6.10 Å². The number of ether oxygens (including phenoxy) is 1. The summed E-state index contributed by atoms with van der Waals surface area (Å²) in [6.07, 6.45) is -0.560. The molecule has 0 spiro atoms. The van der Waals surface area contributed by atoms with Gasteiger partial charge >= 0.3 is 5.97 Å². The first-order valence-corrected chi connectivity index (χ1v) is 18.4. The SMILES string of the molecule is O=C(Cc1ccccc1)N[C@@H]1C(=O)N2C(C(=O)OC(c3ccccc3)c3ccccc3)=C(Sc3ccc4c(c3)oc3cc(CO)ccc34)CS[C@H]12. The average molecular weight is 713 g/mol. The van der Waals surface area contributed by atoms with Crippen molar-refractivity contribution in [2.24, 2.45) is 0 Å². The topological polar surface area (TPSA) is 109 Å². The molecule has 2 aliphatic rings. The van der Waals surface area contributed by atoms with Crippen LogP contribution in [0, 0.1) is 0 Å². The third-order valence-corrected chi connectivity index (χ3v) is 11.5. The molecule has 1 saturated heterocycles. The summed E-state index contributed by atoms with van der Waals surface area (Å²) < 4.78 is 12.5. The lowest BCUT2D eigenvalue weighted by Crippen LogP contribution is -2.70. The number of benzene rings is 5. The maximum absolute atomic E-state index is 14.4. The van der Waals surface area contributed by atoms with E-state index in [4.69, 9.17) is 9.15 Å². The van der Waals surface area contributed by atoms with Gasteiger partial charge in [-0.2, -0.15) is 0 Å². The second kappa shape index (κ2) is 14.1. The Hall–Kier alpha value is -5.29. The van der Waals surface area contributed by atoms with E-state index in [1.54, 1.807) is 0 Å². The number of esters is 1. The predicted molar refractivity (Wildman–Crippen MR) is 199 cm³/mol. The molecule has 254 valence electrons. The molecule has 2 N–H and O–H groups in total. The molecule has 2 aliphatic heterocycles. The van der Waals surface area contributed by atoms with Crippen LogP contribution in [0.2, 0.25) is 0 Å². The first-order valence-electron chi connectivity index (χ1n) is 16.5. The van der Waals surface area contributed by atoms with Crippen molar-refractivity contribution in [2.45, 2.75) is 35.4 Å². The molecule has 1 fully saturated rings. The van der Waals surface area contributed by atoms with Gasteiger partial charge in [-0.3, -0.25) is 14.5 Å². The van der Waals surface area contributed by atoms with Crippen molar-refractivity contribution in [3.05, 3.63) is 160 Å². The number of nitrogens with one attached hydrogen (secondary N) is 1. The zero-order chi connectivity index (χ0) is 34.9. The first kappa shape index (κ1) is 32.9. The molecule has 0 saturated carbocycles. The number of fused-ring (bicyclic) bond motifs is 4. The standard InChI is InChI=1S/C41H32N2O6S2/c44-23-26-16-18-30-31-19-17-29(22-33(31)48-32(30)20-26)51-34-24-50-40-36(42-35(45)21-25-10-4-1-5-11-25)39(46)43(40)37(34)41(47)49-38(27-12-6-2-7-13-27)28-14-8-3-9-15-28/h1-20,22,36,38,40,44H,21,23-24H2,(H,42,45)/t36-,40-/m1/s1. The van der Waals surface area contributed by atoms with Gasteiger partial charge in [-0.05, 0) is 46.5 Å². The van der Waals surface area contributed by atoms with Gasteiger partial charge in [-0.15, -0.1) is 11.8 Å². The number of furan rings is 1. The lowest BCUT2D eigenvalue weighted by Gasteiger charge is -2.49. The maximum Gasteiger partial charge on any atom is 0.356 e. The smallest absolute Gasteiger partial charge is 0.356 e. The number of nitrogens with zero attached hydrogens (tertiary/aromatic N) is 1. The number of thioether (sulfide) groups is 2. The summed E-state index contributed by atoms with van der Waals surface area (Å²) in [7, 11) is 0. The Morgan fingerprint density at radius 2 is 1.47 bits per heavy atom. The normalized spacial score (nSPS) is 17.1. The molecule has 1 aromatic heterocycles. The summed E-state index contributed by atoms with van der Waals surface area (Å²) >= 11 is 2.89. The Morgan fingerprint density at radius 1 is 0.843 bits per heavy atom. The van der Waals surface area contributed by atoms with Crippen molar-refractivity contribution < 1.29 is 28.6 Å². The van der Waals surface area contributed by atoms with Gasteiger partial charge in [0, 0.05) is 26.3 Å². The van der Waals surface area contributed by atoms with Crippen LogP contribution in [0.5, 0.6) is 0 Å². The van der Waals surface area contributed by atoms with Crippen LogP contribution < -0.4 is 5.32 Å². The minimum Gasteiger partial charge on any atom is -0.456 e. The highest BCUT2D eigenvalue weighted by atomic mass is 32.2. The molecule has 0 unspecified atom stereocenters. The van der Waals surface area contributed by atoms with Crippen LogP contribution in [0.4, 0.5) is 0 Å². The van der Waals surface area contributed by atoms with E-state index in [9.17, 15) is 19.5 Å². The van der Waals surface area contributed by atoms with Crippen LogP contribution in [0.15, 0.2) is 147 Å². The first-order chi connectivity index (χ1) is 25.0. The molecule has 5 aromatic carbocycles. The van der Waals surface area contributed by atoms with Gasteiger partial charge in [0.25, 0.3) is 5.91 Å². The van der Waals surface area contributed by atoms with Gasteiger partial charge in [0.1, 0.15) is 28.3 Å². The van der Waals surface area contributed by atoms with Crippen LogP contribution in [0.1, 0.15) is 28.4 Å². The van der Waals surface area contributed by atoms with E-state index in [-0.39, 0.29) is 30.5 Å². The van der Waals surface area contributed by atoms with E-state index in [0.29, 0.717) is 21.8 Å². The lowest BCUT2D eigenvalue weighted by molar-refractivity contribution is -0.154. The molecule has 6 aromatic rings. The van der Waals surface area contributed by atoms with Gasteiger partial charge < -0.3 is 19.6 Å². The van der Waals surface area contributed by atoms with Crippen molar-refractivity contribution in [2.75, 3.05) is 5.75 Å². The number of β-lactam (4-membered cyclic amide) rings is 1. The molecule has 8 nitrogen and oxygen atoms in total. The van der Waals surface area contributed by atoms with Gasteiger partial charge in [0.05, 0.1) is 13.0 Å². The number of aliphatic hydroxyl groups excluding tert-OH is 1. The van der Waals surface area contributed by atoms with Crippen LogP contribution >= 0.6 is 23.5 Å². The highest BCUT2D eigenvalue weighted by Gasteiger charge is 2.54. The Bertz CT molecular complexity index is 2250. The van der Waals surface area contributed by atoms with Crippen molar-refractivity contribution in [1.82, 2.24) is 10.2 Å². The highest BCUT2D eigenvalue weighted by molar-refractivity contribution is 8.06. The Morgan fingerprint density at radius 3 is 2.14 bits per heavy atom. The number of rotatable bonds is 10. The Balaban J connectivity index is 1.12. The van der Waals surface area contributed by atoms with Gasteiger partial charge in [-0.1, -0.05) is 115 Å². The van der Waals surface area contributed by atoms with Crippen LogP contribution in [-0.4, -0.2) is 45.0 Å². The summed E-state index contributed by atoms with van der Waals surface area (Å²) in [5, 5.41) is 13.9. The molecule has 10 heteroatoms. The Labute approximate surface area is 302 Å². The van der Waals surface area contributed by atoms with Crippen molar-refractivity contribution >= 4 is 63.2 Å². The molecule has 0 radical (unpaired) electrons. The van der Waals surface area contributed by atoms with Crippen molar-refractivity contribution in [3.8, 4) is 0 Å². The summed E-state index contributed by atoms with van der Waals surface area (Å²) in [5.74, 6) is -0.814. The third kappa shape index (κ3) is 6.54. The minimum absolute atomic E-state index is 0.0814. The molecular weight excluding hydrogens is 681 g/mol. The fourth-order valence-electron chi connectivity index (χ4n) is 6.52. The summed E-state index contributed by atoms with van der Waals surface area (Å²) in [6.45, 7) is -0.0814. The second-order valence-corrected chi connectivity index (χ2v) is 14.6. The van der Waals surface area contributed by atoms with Crippen LogP contribution in [-0.2, 0) is 32.1 Å². The molecule has 3 heterocycles. The number of aliphatic hydroxyl groups is 1. The van der Waals surface area contributed by atoms with E-state index >= 15 is 0 Å². The number of hydrogen-bond donors (Lipinski definition) is 2. The maximum atomic E-state index is 14.4. The van der Waals surface area contributed by atoms with Gasteiger partial charge in [-0.25, -0.2) is 4.79 Å². The molecule has 8 rings (SSSR count). The third-order valence-electron chi connectivity index (χ3n) is 9.01. The zero-order valence-electron chi connectivity index (χ0n) is 27.2. The Kier molecular flexibility index (Phi) is 9.12. The van der Waals surface area contributed by atoms with E-state index in [2.05, 4.69) is 5.32 Å².